The molecule has 0 spiro atoms. The van der Waals surface area contributed by atoms with Crippen molar-refractivity contribution in [2.45, 2.75) is 11.8 Å². The van der Waals surface area contributed by atoms with Gasteiger partial charge < -0.3 is 10.1 Å². The highest BCUT2D eigenvalue weighted by Gasteiger charge is 2.20. The van der Waals surface area contributed by atoms with Crippen LogP contribution >= 0.6 is 0 Å². The molecule has 2 aromatic heterocycles. The topological polar surface area (TPSA) is 114 Å². The summed E-state index contributed by atoms with van der Waals surface area (Å²) in [6.07, 6.45) is 7.63. The average molecular weight is 522 g/mol. The number of rotatable bonds is 9. The minimum absolute atomic E-state index is 0.0821. The van der Waals surface area contributed by atoms with Crippen LogP contribution in [0.1, 0.15) is 15.9 Å². The number of nitrogens with one attached hydrogen (secondary N) is 1. The third-order valence-corrected chi connectivity index (χ3v) is 6.44. The van der Waals surface area contributed by atoms with Crippen LogP contribution in [-0.2, 0) is 9.84 Å². The Morgan fingerprint density at radius 2 is 1.84 bits per heavy atom. The van der Waals surface area contributed by atoms with E-state index in [2.05, 4.69) is 20.3 Å². The normalized spacial score (nSPS) is 11.1. The van der Waals surface area contributed by atoms with Crippen LogP contribution < -0.4 is 15.0 Å². The van der Waals surface area contributed by atoms with E-state index in [4.69, 9.17) is 4.74 Å². The number of halogens is 1. The summed E-state index contributed by atoms with van der Waals surface area (Å²) in [5.41, 5.74) is 2.98. The molecule has 0 saturated heterocycles. The third-order valence-electron chi connectivity index (χ3n) is 5.30. The minimum atomic E-state index is -3.64. The van der Waals surface area contributed by atoms with E-state index in [-0.39, 0.29) is 22.8 Å². The quantitative estimate of drug-likeness (QED) is 0.338. The van der Waals surface area contributed by atoms with E-state index < -0.39 is 22.4 Å². The fourth-order valence-electron chi connectivity index (χ4n) is 3.60. The molecule has 0 bridgehead atoms. The number of hydrogen-bond donors (Lipinski definition) is 1. The van der Waals surface area contributed by atoms with E-state index in [1.807, 2.05) is 24.0 Å². The van der Waals surface area contributed by atoms with Crippen molar-refractivity contribution in [3.8, 4) is 5.75 Å². The maximum absolute atomic E-state index is 13.1. The first kappa shape index (κ1) is 25.7. The number of carbonyl (C=O) groups excluding carboxylic acids is 1. The molecule has 11 heteroatoms. The number of hydrogen-bond acceptors (Lipinski definition) is 8. The van der Waals surface area contributed by atoms with E-state index in [0.29, 0.717) is 11.6 Å². The first-order valence-electron chi connectivity index (χ1n) is 11.2. The number of nitrogens with zero attached hydrogens (tertiary/aromatic N) is 4. The Hall–Kier alpha value is -4.38. The molecule has 0 unspecified atom stereocenters. The van der Waals surface area contributed by atoms with Gasteiger partial charge in [-0.1, -0.05) is 6.07 Å². The summed E-state index contributed by atoms with van der Waals surface area (Å²) in [6, 6.07) is 14.7. The molecule has 1 amide bonds. The zero-order valence-electron chi connectivity index (χ0n) is 20.1. The minimum Gasteiger partial charge on any atom is -0.489 e. The van der Waals surface area contributed by atoms with Gasteiger partial charge in [0.05, 0.1) is 17.6 Å². The largest absolute Gasteiger partial charge is 0.489 e. The predicted octanol–water partition coefficient (Wildman–Crippen LogP) is 4.65. The van der Waals surface area contributed by atoms with Crippen LogP contribution in [0.4, 0.5) is 27.4 Å². The van der Waals surface area contributed by atoms with Crippen LogP contribution in [0.15, 0.2) is 84.3 Å². The molecule has 0 radical (unpaired) electrons. The van der Waals surface area contributed by atoms with Crippen molar-refractivity contribution in [2.24, 2.45) is 0 Å². The van der Waals surface area contributed by atoms with Crippen molar-refractivity contribution in [3.63, 3.8) is 0 Å². The lowest BCUT2D eigenvalue weighted by Gasteiger charge is -2.24. The molecule has 0 aliphatic heterocycles. The van der Waals surface area contributed by atoms with Gasteiger partial charge in [0.2, 0.25) is 5.95 Å². The van der Waals surface area contributed by atoms with Gasteiger partial charge >= 0.3 is 0 Å². The highest BCUT2D eigenvalue weighted by molar-refractivity contribution is 7.90. The molecular weight excluding hydrogens is 497 g/mol. The standard InChI is InChI=1S/C26H24FN5O4S/c1-18-6-8-20(16-22(18)32(21-5-3-11-28-17-21)26-29-12-4-13-30-26)31-25(33)19-7-9-24(37(2,34)35)23(15-19)36-14-10-27/h3-9,11-13,15-17H,10,14H2,1-2H3,(H,31,33). The summed E-state index contributed by atoms with van der Waals surface area (Å²) in [7, 11) is -3.64. The number of amides is 1. The van der Waals surface area contributed by atoms with E-state index in [1.165, 1.54) is 18.2 Å². The fraction of sp³-hybridized carbons (Fsp3) is 0.154. The first-order valence-corrected chi connectivity index (χ1v) is 13.1. The third kappa shape index (κ3) is 6.07. The Morgan fingerprint density at radius 1 is 1.05 bits per heavy atom. The Kier molecular flexibility index (Phi) is 7.73. The smallest absolute Gasteiger partial charge is 0.255 e. The van der Waals surface area contributed by atoms with Crippen molar-refractivity contribution in [3.05, 3.63) is 90.5 Å². The van der Waals surface area contributed by atoms with Gasteiger partial charge in [0.15, 0.2) is 9.84 Å². The van der Waals surface area contributed by atoms with Crippen LogP contribution in [0.3, 0.4) is 0 Å². The van der Waals surface area contributed by atoms with Gasteiger partial charge in [-0.15, -0.1) is 0 Å². The first-order chi connectivity index (χ1) is 17.8. The van der Waals surface area contributed by atoms with Crippen molar-refractivity contribution in [2.75, 3.05) is 29.8 Å². The SMILES string of the molecule is Cc1ccc(NC(=O)c2ccc(S(C)(=O)=O)c(OCCF)c2)cc1N(c1cccnc1)c1ncccn1. The number of benzene rings is 2. The molecule has 0 aliphatic rings. The van der Waals surface area contributed by atoms with Crippen LogP contribution in [0, 0.1) is 6.92 Å². The molecular formula is C26H24FN5O4S. The highest BCUT2D eigenvalue weighted by Crippen LogP contribution is 2.35. The number of aryl methyl sites for hydroxylation is 1. The molecule has 4 rings (SSSR count). The van der Waals surface area contributed by atoms with Crippen molar-refractivity contribution in [1.82, 2.24) is 15.0 Å². The van der Waals surface area contributed by atoms with Crippen LogP contribution in [-0.4, -0.2) is 48.8 Å². The van der Waals surface area contributed by atoms with Crippen LogP contribution in [0.5, 0.6) is 5.75 Å². The van der Waals surface area contributed by atoms with Crippen LogP contribution in [0.25, 0.3) is 0 Å². The number of anilines is 4. The Bertz CT molecular complexity index is 1460. The number of alkyl halides is 1. The second-order valence-corrected chi connectivity index (χ2v) is 10.0. The molecule has 4 aromatic rings. The number of aromatic nitrogens is 3. The second kappa shape index (κ2) is 11.1. The van der Waals surface area contributed by atoms with E-state index in [9.17, 15) is 17.6 Å². The van der Waals surface area contributed by atoms with E-state index >= 15 is 0 Å². The molecule has 0 atom stereocenters. The predicted molar refractivity (Wildman–Crippen MR) is 138 cm³/mol. The number of pyridine rings is 1. The number of carbonyl (C=O) groups is 1. The summed E-state index contributed by atoms with van der Waals surface area (Å²) in [5, 5.41) is 2.82. The highest BCUT2D eigenvalue weighted by atomic mass is 32.2. The molecule has 2 heterocycles. The summed E-state index contributed by atoms with van der Waals surface area (Å²) < 4.78 is 42.0. The van der Waals surface area contributed by atoms with Gasteiger partial charge in [0, 0.05) is 36.1 Å². The summed E-state index contributed by atoms with van der Waals surface area (Å²) in [5.74, 6) is -0.154. The van der Waals surface area contributed by atoms with E-state index in [0.717, 1.165) is 23.2 Å². The van der Waals surface area contributed by atoms with Gasteiger partial charge in [-0.3, -0.25) is 14.7 Å². The zero-order valence-corrected chi connectivity index (χ0v) is 20.9. The van der Waals surface area contributed by atoms with Gasteiger partial charge in [-0.25, -0.2) is 22.8 Å². The van der Waals surface area contributed by atoms with Crippen molar-refractivity contribution in [1.29, 1.82) is 0 Å². The van der Waals surface area contributed by atoms with Crippen LogP contribution in [0.2, 0.25) is 0 Å². The van der Waals surface area contributed by atoms with Gasteiger partial charge in [-0.05, 0) is 61.0 Å². The lowest BCUT2D eigenvalue weighted by atomic mass is 10.1. The van der Waals surface area contributed by atoms with Crippen molar-refractivity contribution < 1.29 is 22.3 Å². The molecule has 9 nitrogen and oxygen atoms in total. The lowest BCUT2D eigenvalue weighted by molar-refractivity contribution is 0.102. The summed E-state index contributed by atoms with van der Waals surface area (Å²) in [6.45, 7) is 0.788. The van der Waals surface area contributed by atoms with Crippen molar-refractivity contribution >= 4 is 38.8 Å². The Balaban J connectivity index is 1.68. The average Bonchev–Trinajstić information content (AvgIpc) is 2.90. The maximum atomic E-state index is 13.1. The van der Waals surface area contributed by atoms with Gasteiger partial charge in [0.1, 0.15) is 23.9 Å². The molecule has 0 saturated carbocycles. The number of sulfone groups is 1. The Labute approximate surface area is 213 Å². The Morgan fingerprint density at radius 3 is 2.51 bits per heavy atom. The molecule has 2 aromatic carbocycles. The molecule has 0 aliphatic carbocycles. The molecule has 190 valence electrons. The zero-order chi connectivity index (χ0) is 26.4. The monoisotopic (exact) mass is 521 g/mol. The molecule has 1 N–H and O–H groups in total. The lowest BCUT2D eigenvalue weighted by Crippen LogP contribution is -2.16. The molecule has 37 heavy (non-hydrogen) atoms. The number of ether oxygens (including phenoxy) is 1. The fourth-order valence-corrected chi connectivity index (χ4v) is 4.40. The summed E-state index contributed by atoms with van der Waals surface area (Å²) in [4.78, 5) is 27.7. The summed E-state index contributed by atoms with van der Waals surface area (Å²) >= 11 is 0. The second-order valence-electron chi connectivity index (χ2n) is 8.02. The van der Waals surface area contributed by atoms with Gasteiger partial charge in [0.25, 0.3) is 5.91 Å². The molecule has 0 fully saturated rings. The maximum Gasteiger partial charge on any atom is 0.255 e. The van der Waals surface area contributed by atoms with Gasteiger partial charge in [-0.2, -0.15) is 0 Å². The van der Waals surface area contributed by atoms with E-state index in [1.54, 1.807) is 49.1 Å².